The van der Waals surface area contributed by atoms with Gasteiger partial charge in [-0.3, -0.25) is 9.48 Å². The summed E-state index contributed by atoms with van der Waals surface area (Å²) in [5.74, 6) is 1.11. The highest BCUT2D eigenvalue weighted by molar-refractivity contribution is 7.20. The Kier molecular flexibility index (Phi) is 5.02. The lowest BCUT2D eigenvalue weighted by Gasteiger charge is -2.22. The number of rotatable bonds is 5. The van der Waals surface area contributed by atoms with Crippen molar-refractivity contribution in [3.05, 3.63) is 16.6 Å². The number of nitrogens with zero attached hydrogens (tertiary/aromatic N) is 2. The zero-order valence-electron chi connectivity index (χ0n) is 14.2. The molecule has 3 rings (SSSR count). The van der Waals surface area contributed by atoms with E-state index in [0.717, 1.165) is 46.8 Å². The topological polar surface area (TPSA) is 59.0 Å². The van der Waals surface area contributed by atoms with E-state index < -0.39 is 0 Å². The van der Waals surface area contributed by atoms with Gasteiger partial charge in [-0.05, 0) is 50.3 Å². The van der Waals surface area contributed by atoms with Gasteiger partial charge in [0.15, 0.2) is 0 Å². The van der Waals surface area contributed by atoms with Crippen molar-refractivity contribution in [1.29, 1.82) is 0 Å². The maximum atomic E-state index is 12.4. The molecule has 1 aliphatic rings. The minimum atomic E-state index is 0.0460. The first-order valence-electron chi connectivity index (χ1n) is 8.51. The summed E-state index contributed by atoms with van der Waals surface area (Å²) >= 11 is 1.53. The first-order chi connectivity index (χ1) is 11.1. The van der Waals surface area contributed by atoms with Gasteiger partial charge in [-0.25, -0.2) is 0 Å². The number of carbonyl (C=O) groups excluding carboxylic acids is 1. The van der Waals surface area contributed by atoms with E-state index in [9.17, 15) is 4.79 Å². The van der Waals surface area contributed by atoms with Crippen LogP contribution in [0.5, 0.6) is 0 Å². The van der Waals surface area contributed by atoms with Crippen molar-refractivity contribution in [2.45, 2.75) is 39.0 Å². The van der Waals surface area contributed by atoms with Gasteiger partial charge in [-0.1, -0.05) is 13.8 Å². The van der Waals surface area contributed by atoms with Gasteiger partial charge in [-0.15, -0.1) is 11.3 Å². The molecule has 23 heavy (non-hydrogen) atoms. The zero-order valence-corrected chi connectivity index (χ0v) is 15.0. The molecule has 2 N–H and O–H groups in total. The highest BCUT2D eigenvalue weighted by Gasteiger charge is 2.19. The predicted molar refractivity (Wildman–Crippen MR) is 95.2 cm³/mol. The van der Waals surface area contributed by atoms with E-state index in [2.05, 4.69) is 29.6 Å². The van der Waals surface area contributed by atoms with Crippen molar-refractivity contribution in [2.75, 3.05) is 19.6 Å². The third-order valence-electron chi connectivity index (χ3n) is 4.55. The van der Waals surface area contributed by atoms with Crippen molar-refractivity contribution in [3.63, 3.8) is 0 Å². The second-order valence-electron chi connectivity index (χ2n) is 6.75. The molecule has 6 heteroatoms. The largest absolute Gasteiger partial charge is 0.351 e. The SMILES string of the molecule is CC(C)c1nn(C)c2sc(C(=O)NCCC3CCCNC3)cc12. The number of aromatic nitrogens is 2. The van der Waals surface area contributed by atoms with Crippen LogP contribution in [0.3, 0.4) is 0 Å². The van der Waals surface area contributed by atoms with Crippen molar-refractivity contribution < 1.29 is 4.79 Å². The molecular weight excluding hydrogens is 308 g/mol. The molecule has 0 aromatic carbocycles. The van der Waals surface area contributed by atoms with Gasteiger partial charge >= 0.3 is 0 Å². The molecular formula is C17H26N4OS. The standard InChI is InChI=1S/C17H26N4OS/c1-11(2)15-13-9-14(23-17(13)21(3)20-15)16(22)19-8-6-12-5-4-7-18-10-12/h9,11-12,18H,4-8,10H2,1-3H3,(H,19,22). The normalized spacial score (nSPS) is 18.7. The second-order valence-corrected chi connectivity index (χ2v) is 7.78. The monoisotopic (exact) mass is 334 g/mol. The van der Waals surface area contributed by atoms with Crippen LogP contribution in [-0.2, 0) is 7.05 Å². The highest BCUT2D eigenvalue weighted by Crippen LogP contribution is 2.31. The number of carbonyl (C=O) groups is 1. The summed E-state index contributed by atoms with van der Waals surface area (Å²) in [5.41, 5.74) is 1.08. The van der Waals surface area contributed by atoms with Crippen molar-refractivity contribution >= 4 is 27.5 Å². The Balaban J connectivity index is 1.63. The Morgan fingerprint density at radius 2 is 2.39 bits per heavy atom. The molecule has 0 bridgehead atoms. The van der Waals surface area contributed by atoms with Crippen LogP contribution in [0.25, 0.3) is 10.2 Å². The predicted octanol–water partition coefficient (Wildman–Crippen LogP) is 2.88. The smallest absolute Gasteiger partial charge is 0.261 e. The van der Waals surface area contributed by atoms with E-state index in [1.807, 2.05) is 17.8 Å². The lowest BCUT2D eigenvalue weighted by Crippen LogP contribution is -2.33. The average molecular weight is 334 g/mol. The molecule has 1 atom stereocenters. The fourth-order valence-corrected chi connectivity index (χ4v) is 4.25. The summed E-state index contributed by atoms with van der Waals surface area (Å²) in [7, 11) is 1.95. The fourth-order valence-electron chi connectivity index (χ4n) is 3.25. The molecule has 0 aliphatic carbocycles. The summed E-state index contributed by atoms with van der Waals surface area (Å²) in [6, 6.07) is 2.00. The van der Waals surface area contributed by atoms with Gasteiger partial charge in [0.05, 0.1) is 10.6 Å². The Bertz CT molecular complexity index is 682. The summed E-state index contributed by atoms with van der Waals surface area (Å²) in [6.07, 6.45) is 3.58. The minimum absolute atomic E-state index is 0.0460. The van der Waals surface area contributed by atoms with Crippen LogP contribution in [0.4, 0.5) is 0 Å². The molecule has 1 amide bonds. The molecule has 2 aromatic rings. The first-order valence-corrected chi connectivity index (χ1v) is 9.33. The lowest BCUT2D eigenvalue weighted by atomic mass is 9.96. The van der Waals surface area contributed by atoms with Crippen LogP contribution in [-0.4, -0.2) is 35.3 Å². The van der Waals surface area contributed by atoms with Gasteiger partial charge in [-0.2, -0.15) is 5.10 Å². The fraction of sp³-hybridized carbons (Fsp3) is 0.647. The third-order valence-corrected chi connectivity index (χ3v) is 5.75. The van der Waals surface area contributed by atoms with Gasteiger partial charge in [0.1, 0.15) is 4.83 Å². The summed E-state index contributed by atoms with van der Waals surface area (Å²) in [4.78, 5) is 14.3. The maximum absolute atomic E-state index is 12.4. The van der Waals surface area contributed by atoms with E-state index >= 15 is 0 Å². The number of amides is 1. The summed E-state index contributed by atoms with van der Waals surface area (Å²) < 4.78 is 1.89. The molecule has 1 aliphatic heterocycles. The van der Waals surface area contributed by atoms with Crippen LogP contribution in [0.2, 0.25) is 0 Å². The van der Waals surface area contributed by atoms with Gasteiger partial charge in [0.25, 0.3) is 5.91 Å². The number of thiophene rings is 1. The molecule has 1 saturated heterocycles. The average Bonchev–Trinajstić information content (AvgIpc) is 3.09. The maximum Gasteiger partial charge on any atom is 0.261 e. The number of aryl methyl sites for hydroxylation is 1. The lowest BCUT2D eigenvalue weighted by molar-refractivity contribution is 0.0955. The van der Waals surface area contributed by atoms with E-state index in [1.54, 1.807) is 0 Å². The third kappa shape index (κ3) is 3.58. The number of hydrogen-bond donors (Lipinski definition) is 2. The van der Waals surface area contributed by atoms with Crippen LogP contribution in [0.15, 0.2) is 6.07 Å². The van der Waals surface area contributed by atoms with Gasteiger partial charge < -0.3 is 10.6 Å². The molecule has 5 nitrogen and oxygen atoms in total. The molecule has 2 aromatic heterocycles. The Morgan fingerprint density at radius 3 is 3.09 bits per heavy atom. The molecule has 126 valence electrons. The molecule has 1 fully saturated rings. The molecule has 0 spiro atoms. The van der Waals surface area contributed by atoms with Crippen LogP contribution in [0.1, 0.15) is 54.4 Å². The summed E-state index contributed by atoms with van der Waals surface area (Å²) in [5, 5.41) is 12.2. The molecule has 1 unspecified atom stereocenters. The highest BCUT2D eigenvalue weighted by atomic mass is 32.1. The zero-order chi connectivity index (χ0) is 16.4. The van der Waals surface area contributed by atoms with Gasteiger partial charge in [0.2, 0.25) is 0 Å². The first kappa shape index (κ1) is 16.5. The Hall–Kier alpha value is -1.40. The van der Waals surface area contributed by atoms with Crippen LogP contribution in [0, 0.1) is 5.92 Å². The Morgan fingerprint density at radius 1 is 1.57 bits per heavy atom. The molecule has 0 saturated carbocycles. The number of hydrogen-bond acceptors (Lipinski definition) is 4. The number of fused-ring (bicyclic) bond motifs is 1. The summed E-state index contributed by atoms with van der Waals surface area (Å²) in [6.45, 7) is 7.25. The van der Waals surface area contributed by atoms with E-state index in [0.29, 0.717) is 11.8 Å². The van der Waals surface area contributed by atoms with Crippen molar-refractivity contribution in [2.24, 2.45) is 13.0 Å². The molecule has 0 radical (unpaired) electrons. The number of nitrogens with one attached hydrogen (secondary N) is 2. The number of piperidine rings is 1. The van der Waals surface area contributed by atoms with Gasteiger partial charge in [0, 0.05) is 19.0 Å². The quantitative estimate of drug-likeness (QED) is 0.884. The van der Waals surface area contributed by atoms with E-state index in [4.69, 9.17) is 0 Å². The van der Waals surface area contributed by atoms with Crippen molar-refractivity contribution in [1.82, 2.24) is 20.4 Å². The van der Waals surface area contributed by atoms with Crippen LogP contribution < -0.4 is 10.6 Å². The molecule has 3 heterocycles. The van der Waals surface area contributed by atoms with Crippen molar-refractivity contribution in [3.8, 4) is 0 Å². The van der Waals surface area contributed by atoms with E-state index in [1.165, 1.54) is 24.2 Å². The van der Waals surface area contributed by atoms with Crippen LogP contribution >= 0.6 is 11.3 Å². The van der Waals surface area contributed by atoms with E-state index in [-0.39, 0.29) is 5.91 Å². The second kappa shape index (κ2) is 7.01. The Labute approximate surface area is 141 Å². The minimum Gasteiger partial charge on any atom is -0.351 e.